The number of piperazine rings is 1. The summed E-state index contributed by atoms with van der Waals surface area (Å²) in [6, 6.07) is 18.6. The molecule has 1 saturated heterocycles. The summed E-state index contributed by atoms with van der Waals surface area (Å²) in [4.78, 5) is 4.99. The number of hydrogen-bond donors (Lipinski definition) is 0. The van der Waals surface area contributed by atoms with Crippen LogP contribution < -0.4 is 0 Å². The maximum absolute atomic E-state index is 6.25. The van der Waals surface area contributed by atoms with E-state index in [0.717, 1.165) is 44.3 Å². The highest BCUT2D eigenvalue weighted by Crippen LogP contribution is 2.17. The van der Waals surface area contributed by atoms with Crippen molar-refractivity contribution in [2.45, 2.75) is 6.54 Å². The second kappa shape index (κ2) is 8.30. The first-order chi connectivity index (χ1) is 11.3. The van der Waals surface area contributed by atoms with Gasteiger partial charge in [-0.2, -0.15) is 0 Å². The molecular formula is C20H23ClN2. The lowest BCUT2D eigenvalue weighted by molar-refractivity contribution is 0.137. The molecule has 0 aliphatic carbocycles. The van der Waals surface area contributed by atoms with Crippen molar-refractivity contribution in [3.05, 3.63) is 76.8 Å². The van der Waals surface area contributed by atoms with Crippen molar-refractivity contribution in [1.82, 2.24) is 9.80 Å². The summed E-state index contributed by atoms with van der Waals surface area (Å²) in [5, 5.41) is 0.876. The van der Waals surface area contributed by atoms with Crippen LogP contribution in [0.2, 0.25) is 5.02 Å². The van der Waals surface area contributed by atoms with E-state index in [4.69, 9.17) is 11.6 Å². The molecular weight excluding hydrogens is 304 g/mol. The second-order valence-corrected chi connectivity index (χ2v) is 6.39. The number of rotatable bonds is 5. The molecule has 0 aromatic heterocycles. The van der Waals surface area contributed by atoms with E-state index in [1.807, 2.05) is 12.1 Å². The molecule has 120 valence electrons. The zero-order valence-corrected chi connectivity index (χ0v) is 14.1. The lowest BCUT2D eigenvalue weighted by Gasteiger charge is -2.34. The Labute approximate surface area is 144 Å². The van der Waals surface area contributed by atoms with Gasteiger partial charge in [0.05, 0.1) is 0 Å². The summed E-state index contributed by atoms with van der Waals surface area (Å²) in [5.74, 6) is 0. The highest BCUT2D eigenvalue weighted by atomic mass is 35.5. The van der Waals surface area contributed by atoms with Crippen LogP contribution in [0.25, 0.3) is 6.08 Å². The van der Waals surface area contributed by atoms with Gasteiger partial charge in [-0.1, -0.05) is 72.3 Å². The Morgan fingerprint density at radius 3 is 2.22 bits per heavy atom. The van der Waals surface area contributed by atoms with E-state index < -0.39 is 0 Å². The normalized spacial score (nSPS) is 16.9. The van der Waals surface area contributed by atoms with Gasteiger partial charge in [-0.05, 0) is 17.2 Å². The van der Waals surface area contributed by atoms with Crippen LogP contribution in [-0.2, 0) is 6.54 Å². The number of halogens is 1. The van der Waals surface area contributed by atoms with Crippen LogP contribution in [0.4, 0.5) is 0 Å². The Morgan fingerprint density at radius 2 is 1.48 bits per heavy atom. The highest BCUT2D eigenvalue weighted by Gasteiger charge is 2.16. The van der Waals surface area contributed by atoms with Crippen molar-refractivity contribution < 1.29 is 0 Å². The van der Waals surface area contributed by atoms with Crippen LogP contribution in [0.3, 0.4) is 0 Å². The molecule has 3 rings (SSSR count). The van der Waals surface area contributed by atoms with Gasteiger partial charge in [-0.3, -0.25) is 9.80 Å². The molecule has 0 spiro atoms. The zero-order chi connectivity index (χ0) is 15.9. The number of benzene rings is 2. The molecule has 0 bridgehead atoms. The van der Waals surface area contributed by atoms with E-state index in [0.29, 0.717) is 0 Å². The summed E-state index contributed by atoms with van der Waals surface area (Å²) >= 11 is 6.25. The lowest BCUT2D eigenvalue weighted by Crippen LogP contribution is -2.45. The van der Waals surface area contributed by atoms with Crippen molar-refractivity contribution in [3.8, 4) is 0 Å². The fourth-order valence-corrected chi connectivity index (χ4v) is 3.10. The third kappa shape index (κ3) is 4.93. The van der Waals surface area contributed by atoms with E-state index in [1.54, 1.807) is 0 Å². The first kappa shape index (κ1) is 16.3. The highest BCUT2D eigenvalue weighted by molar-refractivity contribution is 6.31. The van der Waals surface area contributed by atoms with Crippen LogP contribution in [0.1, 0.15) is 11.1 Å². The van der Waals surface area contributed by atoms with Crippen LogP contribution >= 0.6 is 11.6 Å². The third-order valence-corrected chi connectivity index (χ3v) is 4.66. The molecule has 0 amide bonds. The molecule has 0 saturated carbocycles. The molecule has 0 atom stereocenters. The molecule has 3 heteroatoms. The van der Waals surface area contributed by atoms with Gasteiger partial charge in [0, 0.05) is 44.3 Å². The quantitative estimate of drug-likeness (QED) is 0.813. The molecule has 0 radical (unpaired) electrons. The maximum Gasteiger partial charge on any atom is 0.0451 e. The van der Waals surface area contributed by atoms with Gasteiger partial charge >= 0.3 is 0 Å². The average Bonchev–Trinajstić information content (AvgIpc) is 2.59. The Morgan fingerprint density at radius 1 is 0.826 bits per heavy atom. The Kier molecular flexibility index (Phi) is 5.87. The van der Waals surface area contributed by atoms with Gasteiger partial charge in [0.1, 0.15) is 0 Å². The minimum absolute atomic E-state index is 0.876. The van der Waals surface area contributed by atoms with Crippen molar-refractivity contribution in [3.63, 3.8) is 0 Å². The SMILES string of the molecule is Clc1ccccc1CN1CCN(C/C=C/c2ccccc2)CC1. The largest absolute Gasteiger partial charge is 0.297 e. The molecule has 0 unspecified atom stereocenters. The molecule has 2 aromatic carbocycles. The molecule has 0 N–H and O–H groups in total. The number of hydrogen-bond acceptors (Lipinski definition) is 2. The summed E-state index contributed by atoms with van der Waals surface area (Å²) in [6.45, 7) is 6.41. The molecule has 1 aliphatic rings. The van der Waals surface area contributed by atoms with Gasteiger partial charge in [0.25, 0.3) is 0 Å². The Bertz CT molecular complexity index is 631. The van der Waals surface area contributed by atoms with Crippen molar-refractivity contribution >= 4 is 17.7 Å². The topological polar surface area (TPSA) is 6.48 Å². The van der Waals surface area contributed by atoms with Crippen LogP contribution in [0.5, 0.6) is 0 Å². The summed E-state index contributed by atoms with van der Waals surface area (Å²) in [6.07, 6.45) is 4.47. The van der Waals surface area contributed by atoms with Crippen LogP contribution in [0, 0.1) is 0 Å². The first-order valence-corrected chi connectivity index (χ1v) is 8.59. The Hall–Kier alpha value is -1.61. The molecule has 1 fully saturated rings. The molecule has 23 heavy (non-hydrogen) atoms. The van der Waals surface area contributed by atoms with Crippen molar-refractivity contribution in [1.29, 1.82) is 0 Å². The maximum atomic E-state index is 6.25. The average molecular weight is 327 g/mol. The summed E-state index contributed by atoms with van der Waals surface area (Å²) < 4.78 is 0. The van der Waals surface area contributed by atoms with E-state index in [2.05, 4.69) is 64.4 Å². The predicted molar refractivity (Wildman–Crippen MR) is 98.6 cm³/mol. The van der Waals surface area contributed by atoms with Gasteiger partial charge in [-0.25, -0.2) is 0 Å². The lowest BCUT2D eigenvalue weighted by atomic mass is 10.2. The smallest absolute Gasteiger partial charge is 0.0451 e. The zero-order valence-electron chi connectivity index (χ0n) is 13.4. The fraction of sp³-hybridized carbons (Fsp3) is 0.300. The van der Waals surface area contributed by atoms with E-state index in [-0.39, 0.29) is 0 Å². The second-order valence-electron chi connectivity index (χ2n) is 5.98. The van der Waals surface area contributed by atoms with Crippen molar-refractivity contribution in [2.75, 3.05) is 32.7 Å². The molecule has 1 aliphatic heterocycles. The third-order valence-electron chi connectivity index (χ3n) is 4.29. The minimum Gasteiger partial charge on any atom is -0.297 e. The summed E-state index contributed by atoms with van der Waals surface area (Å²) in [5.41, 5.74) is 2.50. The molecule has 2 nitrogen and oxygen atoms in total. The van der Waals surface area contributed by atoms with Crippen LogP contribution in [-0.4, -0.2) is 42.5 Å². The standard InChI is InChI=1S/C20H23ClN2/c21-20-11-5-4-10-19(20)17-23-15-13-22(14-16-23)12-6-9-18-7-2-1-3-8-18/h1-11H,12-17H2/b9-6+. The molecule has 1 heterocycles. The van der Waals surface area contributed by atoms with E-state index in [1.165, 1.54) is 11.1 Å². The van der Waals surface area contributed by atoms with Gasteiger partial charge in [0.2, 0.25) is 0 Å². The van der Waals surface area contributed by atoms with E-state index >= 15 is 0 Å². The predicted octanol–water partition coefficient (Wildman–Crippen LogP) is 4.17. The summed E-state index contributed by atoms with van der Waals surface area (Å²) in [7, 11) is 0. The fourth-order valence-electron chi connectivity index (χ4n) is 2.90. The first-order valence-electron chi connectivity index (χ1n) is 8.21. The monoisotopic (exact) mass is 326 g/mol. The number of nitrogens with zero attached hydrogens (tertiary/aromatic N) is 2. The Balaban J connectivity index is 1.44. The van der Waals surface area contributed by atoms with Crippen molar-refractivity contribution in [2.24, 2.45) is 0 Å². The van der Waals surface area contributed by atoms with Gasteiger partial charge in [-0.15, -0.1) is 0 Å². The van der Waals surface area contributed by atoms with E-state index in [9.17, 15) is 0 Å². The minimum atomic E-state index is 0.876. The van der Waals surface area contributed by atoms with Gasteiger partial charge in [0.15, 0.2) is 0 Å². The molecule has 2 aromatic rings. The van der Waals surface area contributed by atoms with Crippen LogP contribution in [0.15, 0.2) is 60.7 Å². The van der Waals surface area contributed by atoms with Gasteiger partial charge < -0.3 is 0 Å².